The Kier molecular flexibility index (Phi) is 5.94. The van der Waals surface area contributed by atoms with Gasteiger partial charge in [-0.25, -0.2) is 4.39 Å². The fourth-order valence-corrected chi connectivity index (χ4v) is 2.05. The maximum Gasteiger partial charge on any atom is 0.254 e. The molecule has 7 heteroatoms. The van der Waals surface area contributed by atoms with Gasteiger partial charge in [-0.1, -0.05) is 5.16 Å². The molecule has 0 saturated carbocycles. The SMILES string of the molecule is CC(C)N(CC/C(N)=N/O)C(=O)c1ccc(F)c(Br)c1. The first-order valence-corrected chi connectivity index (χ1v) is 6.88. The van der Waals surface area contributed by atoms with Gasteiger partial charge in [-0.15, -0.1) is 0 Å². The zero-order valence-corrected chi connectivity index (χ0v) is 12.9. The maximum atomic E-state index is 13.2. The standard InChI is InChI=1S/C13H17BrFN3O2/c1-8(2)18(6-5-12(16)17-20)13(19)9-3-4-11(15)10(14)7-9/h3-4,7-8,20H,5-6H2,1-2H3,(H2,16,17). The number of benzene rings is 1. The van der Waals surface area contributed by atoms with Gasteiger partial charge in [0.2, 0.25) is 0 Å². The molecule has 1 aromatic rings. The van der Waals surface area contributed by atoms with Gasteiger partial charge in [-0.05, 0) is 48.0 Å². The number of nitrogens with zero attached hydrogens (tertiary/aromatic N) is 2. The number of hydrogen-bond acceptors (Lipinski definition) is 3. The summed E-state index contributed by atoms with van der Waals surface area (Å²) in [7, 11) is 0. The number of amides is 1. The summed E-state index contributed by atoms with van der Waals surface area (Å²) in [5.74, 6) is -0.593. The van der Waals surface area contributed by atoms with Crippen LogP contribution < -0.4 is 5.73 Å². The zero-order valence-electron chi connectivity index (χ0n) is 11.3. The van der Waals surface area contributed by atoms with E-state index in [9.17, 15) is 9.18 Å². The minimum atomic E-state index is -0.422. The molecule has 3 N–H and O–H groups in total. The van der Waals surface area contributed by atoms with E-state index in [1.165, 1.54) is 18.2 Å². The fraction of sp³-hybridized carbons (Fsp3) is 0.385. The van der Waals surface area contributed by atoms with Gasteiger partial charge in [-0.3, -0.25) is 4.79 Å². The van der Waals surface area contributed by atoms with E-state index in [0.29, 0.717) is 12.1 Å². The highest BCUT2D eigenvalue weighted by Crippen LogP contribution is 2.19. The summed E-state index contributed by atoms with van der Waals surface area (Å²) in [6.07, 6.45) is 0.267. The van der Waals surface area contributed by atoms with Gasteiger partial charge in [0.05, 0.1) is 4.47 Å². The van der Waals surface area contributed by atoms with Crippen LogP contribution in [0.3, 0.4) is 0 Å². The van der Waals surface area contributed by atoms with E-state index in [2.05, 4.69) is 21.1 Å². The number of nitrogens with two attached hydrogens (primary N) is 1. The fourth-order valence-electron chi connectivity index (χ4n) is 1.67. The van der Waals surface area contributed by atoms with E-state index in [0.717, 1.165) is 0 Å². The smallest absolute Gasteiger partial charge is 0.254 e. The van der Waals surface area contributed by atoms with Crippen LogP contribution in [0, 0.1) is 5.82 Å². The van der Waals surface area contributed by atoms with E-state index < -0.39 is 5.82 Å². The predicted molar refractivity (Wildman–Crippen MR) is 78.3 cm³/mol. The summed E-state index contributed by atoms with van der Waals surface area (Å²) in [5, 5.41) is 11.4. The highest BCUT2D eigenvalue weighted by molar-refractivity contribution is 9.10. The molecule has 1 rings (SSSR count). The van der Waals surface area contributed by atoms with Crippen molar-refractivity contribution in [1.82, 2.24) is 4.90 Å². The molecule has 0 aromatic heterocycles. The second-order valence-corrected chi connectivity index (χ2v) is 5.42. The van der Waals surface area contributed by atoms with E-state index in [1.54, 1.807) is 4.90 Å². The van der Waals surface area contributed by atoms with Crippen molar-refractivity contribution in [2.45, 2.75) is 26.3 Å². The molecular formula is C13H17BrFN3O2. The Morgan fingerprint density at radius 2 is 2.20 bits per heavy atom. The van der Waals surface area contributed by atoms with Crippen molar-refractivity contribution in [3.63, 3.8) is 0 Å². The van der Waals surface area contributed by atoms with Gasteiger partial charge in [-0.2, -0.15) is 0 Å². The van der Waals surface area contributed by atoms with E-state index in [4.69, 9.17) is 10.9 Å². The Labute approximate surface area is 125 Å². The first kappa shape index (κ1) is 16.4. The Hall–Kier alpha value is -1.63. The molecule has 20 heavy (non-hydrogen) atoms. The minimum absolute atomic E-state index is 0.0576. The van der Waals surface area contributed by atoms with Crippen LogP contribution in [0.25, 0.3) is 0 Å². The lowest BCUT2D eigenvalue weighted by Crippen LogP contribution is -2.39. The van der Waals surface area contributed by atoms with Crippen molar-refractivity contribution in [3.8, 4) is 0 Å². The number of carbonyl (C=O) groups is 1. The molecule has 0 atom stereocenters. The zero-order chi connectivity index (χ0) is 15.3. The van der Waals surface area contributed by atoms with Gasteiger partial charge in [0, 0.05) is 24.6 Å². The Balaban J connectivity index is 2.90. The van der Waals surface area contributed by atoms with Crippen molar-refractivity contribution in [1.29, 1.82) is 0 Å². The van der Waals surface area contributed by atoms with Gasteiger partial charge >= 0.3 is 0 Å². The number of oxime groups is 1. The Morgan fingerprint density at radius 3 is 2.70 bits per heavy atom. The Bertz CT molecular complexity index is 520. The lowest BCUT2D eigenvalue weighted by atomic mass is 10.1. The minimum Gasteiger partial charge on any atom is -0.409 e. The molecule has 0 aliphatic heterocycles. The molecule has 0 radical (unpaired) electrons. The molecule has 0 saturated heterocycles. The number of carbonyl (C=O) groups excluding carboxylic acids is 1. The average molecular weight is 346 g/mol. The first-order valence-electron chi connectivity index (χ1n) is 6.09. The van der Waals surface area contributed by atoms with Crippen molar-refractivity contribution in [2.24, 2.45) is 10.9 Å². The topological polar surface area (TPSA) is 78.9 Å². The molecule has 1 amide bonds. The van der Waals surface area contributed by atoms with E-state index >= 15 is 0 Å². The van der Waals surface area contributed by atoms with E-state index in [-0.39, 0.29) is 28.7 Å². The van der Waals surface area contributed by atoms with Crippen LogP contribution >= 0.6 is 15.9 Å². The van der Waals surface area contributed by atoms with Crippen LogP contribution in [-0.4, -0.2) is 34.4 Å². The third-order valence-corrected chi connectivity index (χ3v) is 3.40. The highest BCUT2D eigenvalue weighted by atomic mass is 79.9. The van der Waals surface area contributed by atoms with E-state index in [1.807, 2.05) is 13.8 Å². The second-order valence-electron chi connectivity index (χ2n) is 4.56. The molecule has 5 nitrogen and oxygen atoms in total. The normalized spacial score (nSPS) is 11.8. The summed E-state index contributed by atoms with van der Waals surface area (Å²) in [6.45, 7) is 4.05. The monoisotopic (exact) mass is 345 g/mol. The summed E-state index contributed by atoms with van der Waals surface area (Å²) in [6, 6.07) is 4.05. The van der Waals surface area contributed by atoms with Crippen molar-refractivity contribution >= 4 is 27.7 Å². The van der Waals surface area contributed by atoms with Crippen LogP contribution in [0.1, 0.15) is 30.6 Å². The van der Waals surface area contributed by atoms with Gasteiger partial charge in [0.25, 0.3) is 5.91 Å². The van der Waals surface area contributed by atoms with Crippen LogP contribution in [0.5, 0.6) is 0 Å². The first-order chi connectivity index (χ1) is 9.36. The molecule has 0 fully saturated rings. The van der Waals surface area contributed by atoms with Crippen LogP contribution in [-0.2, 0) is 0 Å². The van der Waals surface area contributed by atoms with Crippen molar-refractivity contribution < 1.29 is 14.4 Å². The molecule has 0 spiro atoms. The molecule has 0 bridgehead atoms. The lowest BCUT2D eigenvalue weighted by Gasteiger charge is -2.26. The van der Waals surface area contributed by atoms with Gasteiger partial charge in [0.1, 0.15) is 11.7 Å². The molecule has 0 aliphatic carbocycles. The molecular weight excluding hydrogens is 329 g/mol. The molecule has 110 valence electrons. The maximum absolute atomic E-state index is 13.2. The molecule has 0 heterocycles. The number of hydrogen-bond donors (Lipinski definition) is 2. The Morgan fingerprint density at radius 1 is 1.55 bits per heavy atom. The number of rotatable bonds is 5. The summed E-state index contributed by atoms with van der Waals surface area (Å²) in [5.41, 5.74) is 5.79. The van der Waals surface area contributed by atoms with Crippen molar-refractivity contribution in [3.05, 3.63) is 34.1 Å². The quantitative estimate of drug-likeness (QED) is 0.372. The lowest BCUT2D eigenvalue weighted by molar-refractivity contribution is 0.0711. The highest BCUT2D eigenvalue weighted by Gasteiger charge is 2.19. The number of amidine groups is 1. The second kappa shape index (κ2) is 7.23. The summed E-state index contributed by atoms with van der Waals surface area (Å²) in [4.78, 5) is 14.0. The molecule has 1 aromatic carbocycles. The van der Waals surface area contributed by atoms with Crippen LogP contribution in [0.4, 0.5) is 4.39 Å². The molecule has 0 unspecified atom stereocenters. The van der Waals surface area contributed by atoms with Crippen LogP contribution in [0.2, 0.25) is 0 Å². The van der Waals surface area contributed by atoms with Gasteiger partial charge < -0.3 is 15.8 Å². The average Bonchev–Trinajstić information content (AvgIpc) is 2.41. The van der Waals surface area contributed by atoms with Crippen LogP contribution in [0.15, 0.2) is 27.8 Å². The third-order valence-electron chi connectivity index (χ3n) is 2.79. The van der Waals surface area contributed by atoms with Gasteiger partial charge in [0.15, 0.2) is 0 Å². The predicted octanol–water partition coefficient (Wildman–Crippen LogP) is 2.58. The summed E-state index contributed by atoms with van der Waals surface area (Å²) < 4.78 is 13.4. The third kappa shape index (κ3) is 4.19. The summed E-state index contributed by atoms with van der Waals surface area (Å²) >= 11 is 3.06. The number of halogens is 2. The largest absolute Gasteiger partial charge is 0.409 e. The molecule has 0 aliphatic rings. The van der Waals surface area contributed by atoms with Crippen molar-refractivity contribution in [2.75, 3.05) is 6.54 Å².